The Morgan fingerprint density at radius 3 is 2.56 bits per heavy atom. The summed E-state index contributed by atoms with van der Waals surface area (Å²) in [5.74, 6) is 0.885. The maximum Gasteiger partial charge on any atom is 0.0330 e. The maximum atomic E-state index is 3.85. The van der Waals surface area contributed by atoms with E-state index in [4.69, 9.17) is 0 Å². The summed E-state index contributed by atoms with van der Waals surface area (Å²) in [7, 11) is 4.53. The van der Waals surface area contributed by atoms with Crippen molar-refractivity contribution in [1.29, 1.82) is 0 Å². The molecule has 0 aromatic heterocycles. The molecular formula is C15H31N3. The van der Waals surface area contributed by atoms with Crippen molar-refractivity contribution >= 4 is 0 Å². The lowest BCUT2D eigenvalue weighted by molar-refractivity contribution is 0.0710. The molecule has 2 atom stereocenters. The Kier molecular flexibility index (Phi) is 5.05. The van der Waals surface area contributed by atoms with E-state index in [1.807, 2.05) is 0 Å². The summed E-state index contributed by atoms with van der Waals surface area (Å²) in [6, 6.07) is 0.736. The van der Waals surface area contributed by atoms with E-state index in [0.717, 1.165) is 12.0 Å². The number of piperidine rings is 1. The largest absolute Gasteiger partial charge is 0.317 e. The van der Waals surface area contributed by atoms with E-state index in [9.17, 15) is 0 Å². The fourth-order valence-corrected chi connectivity index (χ4v) is 3.72. The van der Waals surface area contributed by atoms with Gasteiger partial charge in [-0.15, -0.1) is 0 Å². The van der Waals surface area contributed by atoms with Gasteiger partial charge in [0.05, 0.1) is 0 Å². The standard InChI is InChI=1S/C15H31N3/c1-13-5-4-8-15(11-13,18(2)3)12-17-14-6-9-16-10-7-14/h13-14,16-17H,4-12H2,1-3H3. The SMILES string of the molecule is CC1CCCC(CNC2CCNCC2)(N(C)C)C1. The first-order valence-electron chi connectivity index (χ1n) is 7.74. The highest BCUT2D eigenvalue weighted by Crippen LogP contribution is 2.35. The molecule has 106 valence electrons. The Hall–Kier alpha value is -0.120. The van der Waals surface area contributed by atoms with E-state index in [1.165, 1.54) is 58.2 Å². The smallest absolute Gasteiger partial charge is 0.0330 e. The van der Waals surface area contributed by atoms with Crippen LogP contribution in [0.25, 0.3) is 0 Å². The number of nitrogens with zero attached hydrogens (tertiary/aromatic N) is 1. The van der Waals surface area contributed by atoms with E-state index in [1.54, 1.807) is 0 Å². The fraction of sp³-hybridized carbons (Fsp3) is 1.00. The maximum absolute atomic E-state index is 3.85. The van der Waals surface area contributed by atoms with Crippen molar-refractivity contribution in [3.63, 3.8) is 0 Å². The first kappa shape index (κ1) is 14.3. The predicted octanol–water partition coefficient (Wildman–Crippen LogP) is 1.84. The van der Waals surface area contributed by atoms with Crippen molar-refractivity contribution < 1.29 is 0 Å². The number of nitrogens with one attached hydrogen (secondary N) is 2. The minimum absolute atomic E-state index is 0.405. The van der Waals surface area contributed by atoms with Gasteiger partial charge in [0.15, 0.2) is 0 Å². The normalized spacial score (nSPS) is 35.0. The van der Waals surface area contributed by atoms with Gasteiger partial charge in [0.25, 0.3) is 0 Å². The molecule has 2 fully saturated rings. The zero-order valence-electron chi connectivity index (χ0n) is 12.5. The van der Waals surface area contributed by atoms with Crippen LogP contribution in [0.1, 0.15) is 45.4 Å². The average Bonchev–Trinajstić information content (AvgIpc) is 2.37. The van der Waals surface area contributed by atoms with Crippen LogP contribution in [0.2, 0.25) is 0 Å². The molecule has 0 amide bonds. The molecule has 0 radical (unpaired) electrons. The van der Waals surface area contributed by atoms with Crippen LogP contribution in [0, 0.1) is 5.92 Å². The summed E-state index contributed by atoms with van der Waals surface area (Å²) in [5.41, 5.74) is 0.405. The molecule has 1 heterocycles. The van der Waals surface area contributed by atoms with Crippen molar-refractivity contribution in [2.24, 2.45) is 5.92 Å². The van der Waals surface area contributed by atoms with Crippen LogP contribution in [-0.4, -0.2) is 50.2 Å². The summed E-state index contributed by atoms with van der Waals surface area (Å²) in [5, 5.41) is 7.29. The molecule has 0 aromatic rings. The summed E-state index contributed by atoms with van der Waals surface area (Å²) in [4.78, 5) is 2.48. The van der Waals surface area contributed by atoms with Crippen LogP contribution in [0.15, 0.2) is 0 Å². The van der Waals surface area contributed by atoms with Crippen LogP contribution in [0.5, 0.6) is 0 Å². The van der Waals surface area contributed by atoms with Gasteiger partial charge in [-0.3, -0.25) is 0 Å². The lowest BCUT2D eigenvalue weighted by atomic mass is 9.75. The van der Waals surface area contributed by atoms with E-state index in [0.29, 0.717) is 5.54 Å². The lowest BCUT2D eigenvalue weighted by Crippen LogP contribution is -2.56. The molecular weight excluding hydrogens is 222 g/mol. The van der Waals surface area contributed by atoms with Crippen LogP contribution < -0.4 is 10.6 Å². The third kappa shape index (κ3) is 3.46. The Bertz CT molecular complexity index is 248. The Balaban J connectivity index is 1.89. The highest BCUT2D eigenvalue weighted by Gasteiger charge is 2.37. The van der Waals surface area contributed by atoms with Gasteiger partial charge in [0.2, 0.25) is 0 Å². The van der Waals surface area contributed by atoms with Gasteiger partial charge in [-0.2, -0.15) is 0 Å². The third-order valence-electron chi connectivity index (χ3n) is 5.08. The second-order valence-electron chi connectivity index (χ2n) is 6.73. The molecule has 1 saturated heterocycles. The molecule has 18 heavy (non-hydrogen) atoms. The topological polar surface area (TPSA) is 27.3 Å². The molecule has 1 aliphatic heterocycles. The molecule has 1 saturated carbocycles. The molecule has 2 unspecified atom stereocenters. The third-order valence-corrected chi connectivity index (χ3v) is 5.08. The average molecular weight is 253 g/mol. The molecule has 2 aliphatic rings. The summed E-state index contributed by atoms with van der Waals surface area (Å²) < 4.78 is 0. The molecule has 2 rings (SSSR count). The van der Waals surface area contributed by atoms with Gasteiger partial charge in [-0.25, -0.2) is 0 Å². The summed E-state index contributed by atoms with van der Waals surface area (Å²) >= 11 is 0. The Morgan fingerprint density at radius 2 is 1.94 bits per heavy atom. The summed E-state index contributed by atoms with van der Waals surface area (Å²) in [6.45, 7) is 5.96. The minimum atomic E-state index is 0.405. The molecule has 0 bridgehead atoms. The second-order valence-corrected chi connectivity index (χ2v) is 6.73. The highest BCUT2D eigenvalue weighted by atomic mass is 15.2. The van der Waals surface area contributed by atoms with Crippen molar-refractivity contribution in [2.45, 2.75) is 57.0 Å². The molecule has 0 spiro atoms. The zero-order chi connectivity index (χ0) is 13.0. The van der Waals surface area contributed by atoms with E-state index < -0.39 is 0 Å². The van der Waals surface area contributed by atoms with E-state index >= 15 is 0 Å². The van der Waals surface area contributed by atoms with Crippen LogP contribution in [-0.2, 0) is 0 Å². The van der Waals surface area contributed by atoms with E-state index in [2.05, 4.69) is 36.6 Å². The van der Waals surface area contributed by atoms with Gasteiger partial charge >= 0.3 is 0 Å². The molecule has 3 heteroatoms. The Labute approximate surface area is 113 Å². The molecule has 0 aromatic carbocycles. The molecule has 2 N–H and O–H groups in total. The summed E-state index contributed by atoms with van der Waals surface area (Å²) in [6.07, 6.45) is 8.12. The monoisotopic (exact) mass is 253 g/mol. The van der Waals surface area contributed by atoms with Gasteiger partial charge in [0.1, 0.15) is 0 Å². The number of rotatable bonds is 4. The molecule has 3 nitrogen and oxygen atoms in total. The Morgan fingerprint density at radius 1 is 1.22 bits per heavy atom. The van der Waals surface area contributed by atoms with Gasteiger partial charge in [-0.05, 0) is 58.8 Å². The molecule has 1 aliphatic carbocycles. The van der Waals surface area contributed by atoms with Crippen molar-refractivity contribution in [1.82, 2.24) is 15.5 Å². The lowest BCUT2D eigenvalue weighted by Gasteiger charge is -2.46. The van der Waals surface area contributed by atoms with Gasteiger partial charge in [0, 0.05) is 18.1 Å². The van der Waals surface area contributed by atoms with Gasteiger partial charge in [-0.1, -0.05) is 19.8 Å². The fourth-order valence-electron chi connectivity index (χ4n) is 3.72. The quantitative estimate of drug-likeness (QED) is 0.800. The van der Waals surface area contributed by atoms with Crippen molar-refractivity contribution in [2.75, 3.05) is 33.7 Å². The second kappa shape index (κ2) is 6.36. The first-order chi connectivity index (χ1) is 8.62. The first-order valence-corrected chi connectivity index (χ1v) is 7.74. The number of likely N-dealkylation sites (N-methyl/N-ethyl adjacent to an activating group) is 1. The zero-order valence-corrected chi connectivity index (χ0v) is 12.5. The van der Waals surface area contributed by atoms with Crippen LogP contribution in [0.4, 0.5) is 0 Å². The van der Waals surface area contributed by atoms with Crippen molar-refractivity contribution in [3.8, 4) is 0 Å². The van der Waals surface area contributed by atoms with E-state index in [-0.39, 0.29) is 0 Å². The number of hydrogen-bond donors (Lipinski definition) is 2. The predicted molar refractivity (Wildman–Crippen MR) is 77.9 cm³/mol. The van der Waals surface area contributed by atoms with Crippen LogP contribution >= 0.6 is 0 Å². The van der Waals surface area contributed by atoms with Gasteiger partial charge < -0.3 is 15.5 Å². The highest BCUT2D eigenvalue weighted by molar-refractivity contribution is 4.95. The minimum Gasteiger partial charge on any atom is -0.317 e. The number of hydrogen-bond acceptors (Lipinski definition) is 3. The van der Waals surface area contributed by atoms with Crippen molar-refractivity contribution in [3.05, 3.63) is 0 Å². The van der Waals surface area contributed by atoms with Crippen LogP contribution in [0.3, 0.4) is 0 Å².